The van der Waals surface area contributed by atoms with Crippen molar-refractivity contribution in [2.45, 2.75) is 17.4 Å². The van der Waals surface area contributed by atoms with Crippen LogP contribution in [0.25, 0.3) is 0 Å². The molecule has 0 spiro atoms. The molecule has 6 N–H and O–H groups in total. The summed E-state index contributed by atoms with van der Waals surface area (Å²) in [6, 6.07) is 10.4. The Hall–Kier alpha value is -3.12. The van der Waals surface area contributed by atoms with Gasteiger partial charge in [-0.3, -0.25) is 4.79 Å². The number of carbonyl (C=O) groups is 1. The first-order valence-corrected chi connectivity index (χ1v) is 10.9. The van der Waals surface area contributed by atoms with Gasteiger partial charge in [-0.05, 0) is 35.9 Å². The number of aromatic amines is 1. The van der Waals surface area contributed by atoms with Gasteiger partial charge in [-0.25, -0.2) is 13.4 Å². The zero-order chi connectivity index (χ0) is 22.6. The van der Waals surface area contributed by atoms with Gasteiger partial charge in [0.05, 0.1) is 6.10 Å². The second-order valence-corrected chi connectivity index (χ2v) is 8.69. The smallest absolute Gasteiger partial charge is 0.280 e. The summed E-state index contributed by atoms with van der Waals surface area (Å²) >= 11 is 0. The maximum absolute atomic E-state index is 12.2. The van der Waals surface area contributed by atoms with Crippen molar-refractivity contribution in [3.63, 3.8) is 0 Å². The molecule has 1 amide bonds. The number of carbonyl (C=O) groups excluding carboxylic acids is 1. The molecule has 1 unspecified atom stereocenters. The fraction of sp³-hybridized carbons (Fsp3) is 0.150. The van der Waals surface area contributed by atoms with Gasteiger partial charge in [0.2, 0.25) is 0 Å². The number of rotatable bonds is 7. The topological polar surface area (TPSA) is 174 Å². The van der Waals surface area contributed by atoms with Gasteiger partial charge in [0.15, 0.2) is 15.8 Å². The van der Waals surface area contributed by atoms with Gasteiger partial charge in [0.1, 0.15) is 22.2 Å². The second-order valence-electron chi connectivity index (χ2n) is 6.70. The van der Waals surface area contributed by atoms with Gasteiger partial charge in [-0.2, -0.15) is 4.99 Å². The maximum atomic E-state index is 12.2. The standard InChI is InChI=1S/C20H21N5O5S.2ClH/c1-31(28,29)17-10-13(19(27)25-20(21)22)4-7-16(17)30-14-5-2-12(3-6-14)15(26)11-18-23-8-9-24-18;;/h2-10,15,26H,11H2,1H3,(H,23,24)(H4,21,22,25,27);2*1H. The Morgan fingerprint density at radius 2 is 1.85 bits per heavy atom. The third-order valence-corrected chi connectivity index (χ3v) is 5.37. The van der Waals surface area contributed by atoms with Gasteiger partial charge in [-0.1, -0.05) is 12.1 Å². The summed E-state index contributed by atoms with van der Waals surface area (Å²) in [5.74, 6) is -0.164. The molecule has 178 valence electrons. The average molecular weight is 516 g/mol. The molecular weight excluding hydrogens is 493 g/mol. The highest BCUT2D eigenvalue weighted by atomic mass is 35.5. The predicted molar refractivity (Wildman–Crippen MR) is 128 cm³/mol. The second kappa shape index (κ2) is 11.7. The first kappa shape index (κ1) is 27.9. The lowest BCUT2D eigenvalue weighted by Crippen LogP contribution is -2.24. The lowest BCUT2D eigenvalue weighted by atomic mass is 10.1. The van der Waals surface area contributed by atoms with Crippen molar-refractivity contribution in [3.8, 4) is 11.5 Å². The number of guanidine groups is 1. The van der Waals surface area contributed by atoms with E-state index in [-0.39, 0.29) is 41.0 Å². The normalized spacial score (nSPS) is 11.5. The number of nitrogens with zero attached hydrogens (tertiary/aromatic N) is 2. The first-order valence-electron chi connectivity index (χ1n) is 9.05. The van der Waals surface area contributed by atoms with Crippen molar-refractivity contribution >= 4 is 46.5 Å². The number of nitrogens with two attached hydrogens (primary N) is 2. The highest BCUT2D eigenvalue weighted by Gasteiger charge is 2.19. The van der Waals surface area contributed by atoms with Crippen LogP contribution in [0.3, 0.4) is 0 Å². The van der Waals surface area contributed by atoms with Crippen molar-refractivity contribution in [1.29, 1.82) is 0 Å². The predicted octanol–water partition coefficient (Wildman–Crippen LogP) is 2.14. The van der Waals surface area contributed by atoms with Crippen LogP contribution in [0.2, 0.25) is 0 Å². The van der Waals surface area contributed by atoms with Crippen LogP contribution in [0.4, 0.5) is 0 Å². The molecule has 0 aliphatic carbocycles. The number of aliphatic hydroxyl groups excluding tert-OH is 1. The highest BCUT2D eigenvalue weighted by Crippen LogP contribution is 2.31. The van der Waals surface area contributed by atoms with Crippen LogP contribution in [0.1, 0.15) is 27.8 Å². The fourth-order valence-electron chi connectivity index (χ4n) is 2.79. The van der Waals surface area contributed by atoms with Crippen molar-refractivity contribution in [2.75, 3.05) is 6.26 Å². The molecule has 0 bridgehead atoms. The third kappa shape index (κ3) is 7.46. The van der Waals surface area contributed by atoms with E-state index in [4.69, 9.17) is 16.2 Å². The Morgan fingerprint density at radius 3 is 2.39 bits per heavy atom. The number of amides is 1. The van der Waals surface area contributed by atoms with E-state index in [1.807, 2.05) is 0 Å². The zero-order valence-corrected chi connectivity index (χ0v) is 19.8. The summed E-state index contributed by atoms with van der Waals surface area (Å²) < 4.78 is 30.2. The molecule has 0 radical (unpaired) electrons. The molecular formula is C20H23Cl2N5O5S. The van der Waals surface area contributed by atoms with Crippen LogP contribution in [0.5, 0.6) is 11.5 Å². The number of nitrogens with one attached hydrogen (secondary N) is 1. The SMILES string of the molecule is CS(=O)(=O)c1cc(C(=O)N=C(N)N)ccc1Oc1ccc(C(O)Cc2ncc[nH]2)cc1.Cl.Cl. The lowest BCUT2D eigenvalue weighted by molar-refractivity contribution is 0.100. The fourth-order valence-corrected chi connectivity index (χ4v) is 3.61. The van der Waals surface area contributed by atoms with Gasteiger partial charge in [0, 0.05) is 30.6 Å². The number of benzene rings is 2. The van der Waals surface area contributed by atoms with E-state index < -0.39 is 27.8 Å². The zero-order valence-electron chi connectivity index (χ0n) is 17.3. The number of aromatic nitrogens is 2. The number of imidazole rings is 1. The summed E-state index contributed by atoms with van der Waals surface area (Å²) in [6.07, 6.45) is 3.82. The molecule has 1 atom stereocenters. The van der Waals surface area contributed by atoms with Gasteiger partial charge in [0.25, 0.3) is 5.91 Å². The van der Waals surface area contributed by atoms with Crippen LogP contribution in [-0.2, 0) is 16.3 Å². The molecule has 3 aromatic rings. The number of hydrogen-bond acceptors (Lipinski definition) is 6. The quantitative estimate of drug-likeness (QED) is 0.273. The van der Waals surface area contributed by atoms with Crippen molar-refractivity contribution in [3.05, 3.63) is 71.8 Å². The summed E-state index contributed by atoms with van der Waals surface area (Å²) in [4.78, 5) is 22.2. The number of H-pyrrole nitrogens is 1. The third-order valence-electron chi connectivity index (χ3n) is 4.26. The van der Waals surface area contributed by atoms with E-state index in [9.17, 15) is 18.3 Å². The minimum atomic E-state index is -3.73. The molecule has 33 heavy (non-hydrogen) atoms. The van der Waals surface area contributed by atoms with Gasteiger partial charge < -0.3 is 26.3 Å². The van der Waals surface area contributed by atoms with Gasteiger partial charge >= 0.3 is 0 Å². The maximum Gasteiger partial charge on any atom is 0.280 e. The minimum absolute atomic E-state index is 0. The summed E-state index contributed by atoms with van der Waals surface area (Å²) in [7, 11) is -3.73. The van der Waals surface area contributed by atoms with Crippen molar-refractivity contribution < 1.29 is 23.1 Å². The Morgan fingerprint density at radius 1 is 1.18 bits per heavy atom. The van der Waals surface area contributed by atoms with E-state index in [0.29, 0.717) is 23.6 Å². The summed E-state index contributed by atoms with van der Waals surface area (Å²) in [5, 5.41) is 10.3. The summed E-state index contributed by atoms with van der Waals surface area (Å²) in [5.41, 5.74) is 11.0. The Labute approximate surface area is 202 Å². The molecule has 1 aromatic heterocycles. The number of halogens is 2. The van der Waals surface area contributed by atoms with Crippen LogP contribution in [0, 0.1) is 0 Å². The van der Waals surface area contributed by atoms with E-state index in [1.54, 1.807) is 36.7 Å². The molecule has 13 heteroatoms. The van der Waals surface area contributed by atoms with E-state index in [0.717, 1.165) is 12.3 Å². The van der Waals surface area contributed by atoms with Crippen LogP contribution in [0.15, 0.2) is 64.7 Å². The molecule has 1 heterocycles. The lowest BCUT2D eigenvalue weighted by Gasteiger charge is -2.13. The molecule has 0 aliphatic heterocycles. The monoisotopic (exact) mass is 515 g/mol. The number of sulfone groups is 1. The molecule has 10 nitrogen and oxygen atoms in total. The average Bonchev–Trinajstić information content (AvgIpc) is 3.20. The molecule has 0 saturated heterocycles. The first-order chi connectivity index (χ1) is 14.6. The van der Waals surface area contributed by atoms with Gasteiger partial charge in [-0.15, -0.1) is 24.8 Å². The van der Waals surface area contributed by atoms with Crippen molar-refractivity contribution in [2.24, 2.45) is 16.5 Å². The molecule has 3 rings (SSSR count). The minimum Gasteiger partial charge on any atom is -0.456 e. The van der Waals surface area contributed by atoms with Crippen LogP contribution < -0.4 is 16.2 Å². The largest absolute Gasteiger partial charge is 0.456 e. The number of hydrogen-bond donors (Lipinski definition) is 4. The Kier molecular flexibility index (Phi) is 9.86. The number of aliphatic hydroxyl groups is 1. The van der Waals surface area contributed by atoms with E-state index in [2.05, 4.69) is 15.0 Å². The summed E-state index contributed by atoms with van der Waals surface area (Å²) in [6.45, 7) is 0. The van der Waals surface area contributed by atoms with E-state index in [1.165, 1.54) is 12.1 Å². The Balaban J connectivity index is 0.00000272. The number of ether oxygens (including phenoxy) is 1. The Bertz CT molecular complexity index is 1210. The van der Waals surface area contributed by atoms with E-state index >= 15 is 0 Å². The van der Waals surface area contributed by atoms with Crippen LogP contribution in [-0.4, -0.2) is 41.6 Å². The van der Waals surface area contributed by atoms with Crippen molar-refractivity contribution in [1.82, 2.24) is 9.97 Å². The molecule has 0 fully saturated rings. The highest BCUT2D eigenvalue weighted by molar-refractivity contribution is 7.90. The van der Waals surface area contributed by atoms with Crippen LogP contribution >= 0.6 is 24.8 Å². The molecule has 0 aliphatic rings. The molecule has 0 saturated carbocycles. The molecule has 2 aromatic carbocycles. The number of aliphatic imine (C=N–C) groups is 1.